The van der Waals surface area contributed by atoms with Crippen LogP contribution in [0.3, 0.4) is 0 Å². The van der Waals surface area contributed by atoms with E-state index in [2.05, 4.69) is 25.9 Å². The summed E-state index contributed by atoms with van der Waals surface area (Å²) in [6, 6.07) is 7.44. The van der Waals surface area contributed by atoms with Crippen molar-refractivity contribution in [2.45, 2.75) is 5.51 Å². The highest BCUT2D eigenvalue weighted by atomic mass is 32.2. The van der Waals surface area contributed by atoms with E-state index in [-0.39, 0.29) is 5.97 Å². The van der Waals surface area contributed by atoms with Gasteiger partial charge in [-0.05, 0) is 24.3 Å². The van der Waals surface area contributed by atoms with Crippen LogP contribution in [0.5, 0.6) is 0 Å². The predicted molar refractivity (Wildman–Crippen MR) is 73.1 cm³/mol. The number of nitrogens with zero attached hydrogens (tertiary/aromatic N) is 1. The molecule has 0 fully saturated rings. The summed E-state index contributed by atoms with van der Waals surface area (Å²) in [5.41, 5.74) is -3.91. The first-order chi connectivity index (χ1) is 9.70. The molecule has 0 aliphatic rings. The van der Waals surface area contributed by atoms with E-state index in [9.17, 15) is 18.0 Å². The smallest absolute Gasteiger partial charge is 0.485 e. The average Bonchev–Trinajstić information content (AvgIpc) is 2.35. The van der Waals surface area contributed by atoms with Gasteiger partial charge < -0.3 is 9.29 Å². The van der Waals surface area contributed by atoms with E-state index in [0.717, 1.165) is 10.2 Å². The zero-order valence-electron chi connectivity index (χ0n) is 12.3. The van der Waals surface area contributed by atoms with Gasteiger partial charge in [-0.1, -0.05) is 0 Å². The van der Waals surface area contributed by atoms with Crippen LogP contribution in [-0.4, -0.2) is 52.7 Å². The topological polar surface area (TPSA) is 83.5 Å². The molecule has 0 atom stereocenters. The van der Waals surface area contributed by atoms with Gasteiger partial charge in [0.2, 0.25) is 0 Å². The first-order valence-electron chi connectivity index (χ1n) is 5.72. The minimum absolute atomic E-state index is 0.294. The van der Waals surface area contributed by atoms with Crippen LogP contribution in [-0.2, 0) is 14.9 Å². The first-order valence-corrected chi connectivity index (χ1v) is 7.13. The maximum Gasteiger partial charge on any atom is 0.485 e. The van der Waals surface area contributed by atoms with Crippen molar-refractivity contribution in [1.82, 2.24) is 4.48 Å². The van der Waals surface area contributed by atoms with E-state index in [0.29, 0.717) is 5.56 Å². The Morgan fingerprint density at radius 1 is 1.14 bits per heavy atom. The number of methoxy groups -OCH3 is 1. The van der Waals surface area contributed by atoms with Gasteiger partial charge in [0.15, 0.2) is 10.1 Å². The van der Waals surface area contributed by atoms with Crippen LogP contribution >= 0.6 is 0 Å². The molecule has 10 heteroatoms. The number of halogens is 3. The number of esters is 1. The summed E-state index contributed by atoms with van der Waals surface area (Å²) >= 11 is 0. The molecule has 0 amide bonds. The maximum absolute atomic E-state index is 11.1. The third-order valence-electron chi connectivity index (χ3n) is 2.35. The van der Waals surface area contributed by atoms with Crippen molar-refractivity contribution in [2.24, 2.45) is 0 Å². The van der Waals surface area contributed by atoms with Gasteiger partial charge in [-0.3, -0.25) is 4.48 Å². The van der Waals surface area contributed by atoms with Gasteiger partial charge in [-0.15, -0.1) is 0 Å². The Hall–Kier alpha value is -1.65. The molecule has 0 saturated heterocycles. The zero-order chi connectivity index (χ0) is 17.8. The molecule has 0 N–H and O–H groups in total. The lowest BCUT2D eigenvalue weighted by atomic mass is 10.2. The highest BCUT2D eigenvalue weighted by molar-refractivity contribution is 7.86. The van der Waals surface area contributed by atoms with Crippen LogP contribution < -0.4 is 4.48 Å². The van der Waals surface area contributed by atoms with Gasteiger partial charge >= 0.3 is 11.5 Å². The van der Waals surface area contributed by atoms with E-state index in [1.807, 2.05) is 12.1 Å². The summed E-state index contributed by atoms with van der Waals surface area (Å²) in [7, 11) is 1.52. The molecule has 0 aromatic heterocycles. The molecular weight excluding hydrogens is 327 g/mol. The molecule has 0 aliphatic heterocycles. The van der Waals surface area contributed by atoms with Crippen molar-refractivity contribution in [2.75, 3.05) is 28.3 Å². The minimum atomic E-state index is -6.09. The molecule has 0 spiro atoms. The van der Waals surface area contributed by atoms with Gasteiger partial charge in [0.05, 0.1) is 33.8 Å². The Bertz CT molecular complexity index is 603. The lowest BCUT2D eigenvalue weighted by Crippen LogP contribution is -2.34. The van der Waals surface area contributed by atoms with Crippen LogP contribution in [0.4, 0.5) is 18.9 Å². The molecule has 1 aromatic carbocycles. The highest BCUT2D eigenvalue weighted by Gasteiger charge is 2.36. The van der Waals surface area contributed by atoms with Crippen molar-refractivity contribution < 1.29 is 35.7 Å². The molecule has 0 saturated carbocycles. The van der Waals surface area contributed by atoms with Crippen molar-refractivity contribution in [3.05, 3.63) is 29.8 Å². The standard InChI is InChI=1S/C11H16NO2.CHF3O3S/c1-12(2,3)10-7-5-9(6-8-10)11(13)14-4;2-1(3,4)8(5,6)7/h5-8H,1-4H3;(H,5,6,7)/q+1;/p-1. The fourth-order valence-electron chi connectivity index (χ4n) is 1.16. The SMILES string of the molecule is COC(=O)c1ccc([N+](C)(C)C)cc1.O=S(=O)([O-])C(F)(F)F. The number of hydrogen-bond acceptors (Lipinski definition) is 5. The Labute approximate surface area is 126 Å². The third-order valence-corrected chi connectivity index (χ3v) is 2.91. The Morgan fingerprint density at radius 2 is 1.50 bits per heavy atom. The lowest BCUT2D eigenvalue weighted by Gasteiger charge is -2.23. The van der Waals surface area contributed by atoms with Gasteiger partial charge in [0, 0.05) is 0 Å². The molecular formula is C12H16F3NO5S. The fourth-order valence-corrected chi connectivity index (χ4v) is 1.16. The molecule has 0 bridgehead atoms. The van der Waals surface area contributed by atoms with Gasteiger partial charge in [-0.2, -0.15) is 13.2 Å². The Kier molecular flexibility index (Phi) is 6.54. The summed E-state index contributed by atoms with van der Waals surface area (Å²) in [6.45, 7) is 0. The molecule has 0 heterocycles. The number of ether oxygens (including phenoxy) is 1. The van der Waals surface area contributed by atoms with Crippen molar-refractivity contribution in [3.8, 4) is 0 Å². The molecule has 0 radical (unpaired) electrons. The van der Waals surface area contributed by atoms with Crippen LogP contribution in [0.1, 0.15) is 10.4 Å². The summed E-state index contributed by atoms with van der Waals surface area (Å²) in [5.74, 6) is -0.294. The second-order valence-corrected chi connectivity index (χ2v) is 6.32. The molecule has 6 nitrogen and oxygen atoms in total. The molecule has 126 valence electrons. The van der Waals surface area contributed by atoms with Crippen LogP contribution in [0.15, 0.2) is 24.3 Å². The Morgan fingerprint density at radius 3 is 1.73 bits per heavy atom. The van der Waals surface area contributed by atoms with Crippen molar-refractivity contribution in [3.63, 3.8) is 0 Å². The maximum atomic E-state index is 11.1. The van der Waals surface area contributed by atoms with Crippen molar-refractivity contribution >= 4 is 21.8 Å². The number of carbonyl (C=O) groups excluding carboxylic acids is 1. The fraction of sp³-hybridized carbons (Fsp3) is 0.417. The number of carbonyl (C=O) groups is 1. The summed E-state index contributed by atoms with van der Waals surface area (Å²) < 4.78 is 64.3. The van der Waals surface area contributed by atoms with E-state index in [1.165, 1.54) is 7.11 Å². The number of benzene rings is 1. The van der Waals surface area contributed by atoms with E-state index >= 15 is 0 Å². The second-order valence-electron chi connectivity index (χ2n) is 4.95. The largest absolute Gasteiger partial charge is 0.741 e. The van der Waals surface area contributed by atoms with Crippen LogP contribution in [0.25, 0.3) is 0 Å². The third kappa shape index (κ3) is 6.41. The van der Waals surface area contributed by atoms with Gasteiger partial charge in [0.25, 0.3) is 0 Å². The summed E-state index contributed by atoms with van der Waals surface area (Å²) in [5, 5.41) is 0. The number of alkyl halides is 3. The molecule has 0 unspecified atom stereocenters. The van der Waals surface area contributed by atoms with E-state index < -0.39 is 15.6 Å². The number of quaternary nitrogens is 1. The van der Waals surface area contributed by atoms with Crippen LogP contribution in [0.2, 0.25) is 0 Å². The van der Waals surface area contributed by atoms with Crippen LogP contribution in [0, 0.1) is 0 Å². The molecule has 1 aromatic rings. The number of rotatable bonds is 2. The number of hydrogen-bond donors (Lipinski definition) is 0. The first kappa shape index (κ1) is 20.3. The normalized spacial score (nSPS) is 12.2. The van der Waals surface area contributed by atoms with E-state index in [1.54, 1.807) is 12.1 Å². The quantitative estimate of drug-likeness (QED) is 0.353. The van der Waals surface area contributed by atoms with Crippen molar-refractivity contribution in [1.29, 1.82) is 0 Å². The monoisotopic (exact) mass is 343 g/mol. The molecule has 22 heavy (non-hydrogen) atoms. The van der Waals surface area contributed by atoms with Gasteiger partial charge in [0.1, 0.15) is 5.69 Å². The summed E-state index contributed by atoms with van der Waals surface area (Å²) in [6.07, 6.45) is 0. The second kappa shape index (κ2) is 7.07. The average molecular weight is 343 g/mol. The lowest BCUT2D eigenvalue weighted by molar-refractivity contribution is -0.0517. The predicted octanol–water partition coefficient (Wildman–Crippen LogP) is 1.72. The zero-order valence-corrected chi connectivity index (χ0v) is 13.2. The highest BCUT2D eigenvalue weighted by Crippen LogP contribution is 2.20. The minimum Gasteiger partial charge on any atom is -0.741 e. The van der Waals surface area contributed by atoms with Gasteiger partial charge in [-0.25, -0.2) is 13.2 Å². The van der Waals surface area contributed by atoms with E-state index in [4.69, 9.17) is 13.0 Å². The molecule has 1 rings (SSSR count). The summed E-state index contributed by atoms with van der Waals surface area (Å²) in [4.78, 5) is 11.1. The molecule has 0 aliphatic carbocycles. The Balaban J connectivity index is 0.000000472.